The van der Waals surface area contributed by atoms with E-state index in [0.29, 0.717) is 0 Å². The highest BCUT2D eigenvalue weighted by atomic mass is 16.2. The normalized spacial score (nSPS) is 20.7. The Balaban J connectivity index is 2.16. The number of carbonyl (C=O) groups excluding carboxylic acids is 1. The molecule has 1 aromatic rings. The molecule has 4 nitrogen and oxygen atoms in total. The van der Waals surface area contributed by atoms with Gasteiger partial charge < -0.3 is 14.8 Å². The topological polar surface area (TPSA) is 37.3 Å². The van der Waals surface area contributed by atoms with Gasteiger partial charge in [-0.25, -0.2) is 0 Å². The molecular formula is C14H23N3O. The zero-order valence-electron chi connectivity index (χ0n) is 11.7. The molecule has 0 spiro atoms. The molecule has 100 valence electrons. The van der Waals surface area contributed by atoms with Crippen molar-refractivity contribution in [2.24, 2.45) is 5.92 Å². The van der Waals surface area contributed by atoms with Crippen LogP contribution in [0.2, 0.25) is 0 Å². The van der Waals surface area contributed by atoms with Crippen LogP contribution in [0, 0.1) is 12.8 Å². The van der Waals surface area contributed by atoms with E-state index in [4.69, 9.17) is 0 Å². The van der Waals surface area contributed by atoms with Crippen molar-refractivity contribution in [2.75, 3.05) is 20.1 Å². The van der Waals surface area contributed by atoms with Crippen molar-refractivity contribution in [1.29, 1.82) is 0 Å². The van der Waals surface area contributed by atoms with Crippen molar-refractivity contribution in [3.8, 4) is 0 Å². The number of fused-ring (bicyclic) bond motifs is 1. The molecule has 4 heteroatoms. The van der Waals surface area contributed by atoms with Crippen LogP contribution in [0.15, 0.2) is 12.1 Å². The van der Waals surface area contributed by atoms with E-state index >= 15 is 0 Å². The minimum Gasteiger partial charge on any atom is -0.345 e. The van der Waals surface area contributed by atoms with Crippen molar-refractivity contribution in [3.63, 3.8) is 0 Å². The van der Waals surface area contributed by atoms with E-state index in [1.54, 1.807) is 0 Å². The van der Waals surface area contributed by atoms with Crippen LogP contribution >= 0.6 is 0 Å². The first-order valence-electron chi connectivity index (χ1n) is 6.67. The fourth-order valence-electron chi connectivity index (χ4n) is 2.80. The lowest BCUT2D eigenvalue weighted by atomic mass is 10.1. The number of rotatable bonds is 3. The van der Waals surface area contributed by atoms with Crippen molar-refractivity contribution in [3.05, 3.63) is 23.5 Å². The second kappa shape index (κ2) is 5.14. The van der Waals surface area contributed by atoms with Crippen LogP contribution in [0.25, 0.3) is 0 Å². The van der Waals surface area contributed by atoms with Crippen LogP contribution in [0.4, 0.5) is 0 Å². The summed E-state index contributed by atoms with van der Waals surface area (Å²) in [5.74, 6) is 0.294. The fourth-order valence-corrected chi connectivity index (χ4v) is 2.80. The lowest BCUT2D eigenvalue weighted by molar-refractivity contribution is -0.138. The van der Waals surface area contributed by atoms with E-state index in [2.05, 4.69) is 35.9 Å². The van der Waals surface area contributed by atoms with Crippen molar-refractivity contribution in [1.82, 2.24) is 14.8 Å². The van der Waals surface area contributed by atoms with Gasteiger partial charge in [0.15, 0.2) is 0 Å². The van der Waals surface area contributed by atoms with E-state index in [1.807, 2.05) is 18.9 Å². The maximum Gasteiger partial charge on any atom is 0.227 e. The molecule has 0 bridgehead atoms. The first-order valence-corrected chi connectivity index (χ1v) is 6.67. The standard InChI is InChI=1S/C14H23N3O/c1-10(9-15-4)14(18)17-8-7-16-11(2)5-6-13(16)12(17)3/h5-6,10,12,15H,7-9H2,1-4H3. The Morgan fingerprint density at radius 3 is 2.89 bits per heavy atom. The molecule has 0 saturated heterocycles. The van der Waals surface area contributed by atoms with Gasteiger partial charge in [0.2, 0.25) is 5.91 Å². The number of nitrogens with zero attached hydrogens (tertiary/aromatic N) is 2. The Morgan fingerprint density at radius 2 is 2.22 bits per heavy atom. The average Bonchev–Trinajstić information content (AvgIpc) is 2.72. The van der Waals surface area contributed by atoms with Crippen LogP contribution in [-0.2, 0) is 11.3 Å². The summed E-state index contributed by atoms with van der Waals surface area (Å²) < 4.78 is 2.32. The minimum atomic E-state index is 0.0417. The highest BCUT2D eigenvalue weighted by Crippen LogP contribution is 2.28. The zero-order chi connectivity index (χ0) is 13.3. The first kappa shape index (κ1) is 13.1. The molecule has 0 aliphatic carbocycles. The summed E-state index contributed by atoms with van der Waals surface area (Å²) in [4.78, 5) is 14.4. The minimum absolute atomic E-state index is 0.0417. The number of aryl methyl sites for hydroxylation is 1. The molecular weight excluding hydrogens is 226 g/mol. The van der Waals surface area contributed by atoms with Gasteiger partial charge in [0.05, 0.1) is 6.04 Å². The van der Waals surface area contributed by atoms with Gasteiger partial charge in [-0.05, 0) is 33.0 Å². The first-order chi connectivity index (χ1) is 8.56. The summed E-state index contributed by atoms with van der Waals surface area (Å²) in [7, 11) is 1.89. The second-order valence-corrected chi connectivity index (χ2v) is 5.22. The van der Waals surface area contributed by atoms with Gasteiger partial charge >= 0.3 is 0 Å². The highest BCUT2D eigenvalue weighted by Gasteiger charge is 2.30. The van der Waals surface area contributed by atoms with Gasteiger partial charge in [0, 0.05) is 36.9 Å². The molecule has 2 unspecified atom stereocenters. The van der Waals surface area contributed by atoms with E-state index in [-0.39, 0.29) is 17.9 Å². The van der Waals surface area contributed by atoms with E-state index in [0.717, 1.165) is 19.6 Å². The molecule has 18 heavy (non-hydrogen) atoms. The number of aromatic nitrogens is 1. The van der Waals surface area contributed by atoms with E-state index in [9.17, 15) is 4.79 Å². The molecule has 1 aromatic heterocycles. The van der Waals surface area contributed by atoms with Gasteiger partial charge in [-0.3, -0.25) is 4.79 Å². The number of hydrogen-bond acceptors (Lipinski definition) is 2. The SMILES string of the molecule is CNCC(C)C(=O)N1CCn2c(C)ccc2C1C. The van der Waals surface area contributed by atoms with Crippen LogP contribution in [0.3, 0.4) is 0 Å². The smallest absolute Gasteiger partial charge is 0.227 e. The van der Waals surface area contributed by atoms with Gasteiger partial charge in [-0.15, -0.1) is 0 Å². The summed E-state index contributed by atoms with van der Waals surface area (Å²) in [6, 6.07) is 4.46. The second-order valence-electron chi connectivity index (χ2n) is 5.22. The van der Waals surface area contributed by atoms with Crippen LogP contribution in [-0.4, -0.2) is 35.5 Å². The summed E-state index contributed by atoms with van der Waals surface area (Å²) in [6.45, 7) is 8.70. The number of amides is 1. The third kappa shape index (κ3) is 2.17. The fraction of sp³-hybridized carbons (Fsp3) is 0.643. The zero-order valence-corrected chi connectivity index (χ0v) is 11.7. The maximum absolute atomic E-state index is 12.4. The molecule has 2 rings (SSSR count). The molecule has 2 heterocycles. The van der Waals surface area contributed by atoms with Crippen molar-refractivity contribution >= 4 is 5.91 Å². The van der Waals surface area contributed by atoms with E-state index < -0.39 is 0 Å². The molecule has 0 radical (unpaired) electrons. The predicted molar refractivity (Wildman–Crippen MR) is 72.4 cm³/mol. The maximum atomic E-state index is 12.4. The van der Waals surface area contributed by atoms with E-state index in [1.165, 1.54) is 11.4 Å². The Labute approximate surface area is 109 Å². The number of hydrogen-bond donors (Lipinski definition) is 1. The van der Waals surface area contributed by atoms with Crippen molar-refractivity contribution < 1.29 is 4.79 Å². The molecule has 2 atom stereocenters. The summed E-state index contributed by atoms with van der Waals surface area (Å²) in [6.07, 6.45) is 0. The Kier molecular flexibility index (Phi) is 3.76. The lowest BCUT2D eigenvalue weighted by Crippen LogP contribution is -2.45. The quantitative estimate of drug-likeness (QED) is 0.882. The third-order valence-corrected chi connectivity index (χ3v) is 3.91. The van der Waals surface area contributed by atoms with Crippen LogP contribution in [0.1, 0.15) is 31.3 Å². The lowest BCUT2D eigenvalue weighted by Gasteiger charge is -2.37. The number of carbonyl (C=O) groups is 1. The Bertz CT molecular complexity index is 438. The summed E-state index contributed by atoms with van der Waals surface area (Å²) in [5, 5.41) is 3.07. The molecule has 1 aliphatic rings. The molecule has 0 aromatic carbocycles. The van der Waals surface area contributed by atoms with Gasteiger partial charge in [-0.1, -0.05) is 6.92 Å². The number of nitrogens with one attached hydrogen (secondary N) is 1. The van der Waals surface area contributed by atoms with Gasteiger partial charge in [0.1, 0.15) is 0 Å². The van der Waals surface area contributed by atoms with Crippen LogP contribution in [0.5, 0.6) is 0 Å². The summed E-state index contributed by atoms with van der Waals surface area (Å²) >= 11 is 0. The molecule has 0 saturated carbocycles. The van der Waals surface area contributed by atoms with Crippen LogP contribution < -0.4 is 5.32 Å². The third-order valence-electron chi connectivity index (χ3n) is 3.91. The van der Waals surface area contributed by atoms with Gasteiger partial charge in [-0.2, -0.15) is 0 Å². The highest BCUT2D eigenvalue weighted by molar-refractivity contribution is 5.79. The largest absolute Gasteiger partial charge is 0.345 e. The molecule has 1 N–H and O–H groups in total. The molecule has 1 aliphatic heterocycles. The van der Waals surface area contributed by atoms with Gasteiger partial charge in [0.25, 0.3) is 0 Å². The Hall–Kier alpha value is -1.29. The molecule has 1 amide bonds. The molecule has 0 fully saturated rings. The monoisotopic (exact) mass is 249 g/mol. The Morgan fingerprint density at radius 1 is 1.50 bits per heavy atom. The average molecular weight is 249 g/mol. The summed E-state index contributed by atoms with van der Waals surface area (Å²) in [5.41, 5.74) is 2.54. The van der Waals surface area contributed by atoms with Crippen molar-refractivity contribution in [2.45, 2.75) is 33.4 Å². The predicted octanol–water partition coefficient (Wildman–Crippen LogP) is 1.56.